The molecule has 1 aliphatic carbocycles. The number of hydrogen-bond acceptors (Lipinski definition) is 8. The van der Waals surface area contributed by atoms with E-state index >= 15 is 0 Å². The molecule has 0 radical (unpaired) electrons. The Kier molecular flexibility index (Phi) is 6.08. The summed E-state index contributed by atoms with van der Waals surface area (Å²) in [7, 11) is 0. The average molecular weight is 469 g/mol. The lowest BCUT2D eigenvalue weighted by Gasteiger charge is -2.32. The molecule has 35 heavy (non-hydrogen) atoms. The fraction of sp³-hybridized carbons (Fsp3) is 0.280. The van der Waals surface area contributed by atoms with Gasteiger partial charge in [0, 0.05) is 31.0 Å². The highest BCUT2D eigenvalue weighted by molar-refractivity contribution is 5.95. The van der Waals surface area contributed by atoms with E-state index in [1.54, 1.807) is 34.3 Å². The summed E-state index contributed by atoms with van der Waals surface area (Å²) in [5, 5.41) is 12.4. The average Bonchev–Trinajstić information content (AvgIpc) is 3.70. The molecule has 10 heteroatoms. The number of amides is 2. The van der Waals surface area contributed by atoms with Crippen LogP contribution >= 0.6 is 0 Å². The van der Waals surface area contributed by atoms with E-state index in [9.17, 15) is 9.59 Å². The Morgan fingerprint density at radius 2 is 2.00 bits per heavy atom. The molecule has 1 saturated heterocycles. The summed E-state index contributed by atoms with van der Waals surface area (Å²) in [5.74, 6) is 1.71. The summed E-state index contributed by atoms with van der Waals surface area (Å²) in [6.07, 6.45) is 5.60. The van der Waals surface area contributed by atoms with Crippen molar-refractivity contribution >= 4 is 29.3 Å². The van der Waals surface area contributed by atoms with Crippen LogP contribution in [0.5, 0.6) is 0 Å². The number of rotatable bonds is 7. The van der Waals surface area contributed by atoms with Crippen molar-refractivity contribution in [2.75, 3.05) is 36.4 Å². The minimum absolute atomic E-state index is 0.0711. The standard InChI is InChI=1S/C25H24N8O2/c26-12-16-5-6-28-22(9-16)31-23-11-19(17-1-2-17)10-20(30-23)18-3-4-24(29-13-18)33-8-7-32(14-21(27)34)15-25(33)35/h3-6,9-11,13,17H,1-2,7-8,14-15H2,(H2,27,34)(H,28,30,31). The molecule has 3 aromatic heterocycles. The molecule has 0 bridgehead atoms. The number of hydrogen-bond donors (Lipinski definition) is 2. The van der Waals surface area contributed by atoms with Gasteiger partial charge in [0.2, 0.25) is 11.8 Å². The zero-order chi connectivity index (χ0) is 24.4. The van der Waals surface area contributed by atoms with Gasteiger partial charge in [-0.2, -0.15) is 5.26 Å². The van der Waals surface area contributed by atoms with E-state index in [0.29, 0.717) is 42.0 Å². The molecule has 0 aromatic carbocycles. The molecule has 1 aliphatic heterocycles. The van der Waals surface area contributed by atoms with E-state index < -0.39 is 5.91 Å². The Labute approximate surface area is 202 Å². The van der Waals surface area contributed by atoms with Crippen LogP contribution in [0.1, 0.15) is 29.9 Å². The number of anilines is 3. The number of nitriles is 1. The Morgan fingerprint density at radius 1 is 1.14 bits per heavy atom. The first kappa shape index (κ1) is 22.4. The Bertz CT molecular complexity index is 1310. The number of carbonyl (C=O) groups excluding carboxylic acids is 2. The van der Waals surface area contributed by atoms with Gasteiger partial charge in [-0.25, -0.2) is 15.0 Å². The van der Waals surface area contributed by atoms with Gasteiger partial charge >= 0.3 is 0 Å². The summed E-state index contributed by atoms with van der Waals surface area (Å²) < 4.78 is 0. The number of piperazine rings is 1. The number of pyridine rings is 3. The normalized spacial score (nSPS) is 16.1. The number of nitrogens with zero attached hydrogens (tertiary/aromatic N) is 6. The van der Waals surface area contributed by atoms with Crippen molar-refractivity contribution < 1.29 is 9.59 Å². The van der Waals surface area contributed by atoms with Gasteiger partial charge < -0.3 is 11.1 Å². The predicted molar refractivity (Wildman–Crippen MR) is 130 cm³/mol. The van der Waals surface area contributed by atoms with E-state index in [-0.39, 0.29) is 19.0 Å². The van der Waals surface area contributed by atoms with Crippen LogP contribution in [-0.2, 0) is 9.59 Å². The van der Waals surface area contributed by atoms with Crippen LogP contribution in [0.2, 0.25) is 0 Å². The maximum absolute atomic E-state index is 12.6. The smallest absolute Gasteiger partial charge is 0.242 e. The van der Waals surface area contributed by atoms with Gasteiger partial charge in [0.25, 0.3) is 0 Å². The van der Waals surface area contributed by atoms with Crippen molar-refractivity contribution in [3.63, 3.8) is 0 Å². The van der Waals surface area contributed by atoms with E-state index in [2.05, 4.69) is 27.4 Å². The number of primary amides is 1. The predicted octanol–water partition coefficient (Wildman–Crippen LogP) is 2.17. The van der Waals surface area contributed by atoms with Crippen LogP contribution < -0.4 is 16.0 Å². The fourth-order valence-electron chi connectivity index (χ4n) is 4.13. The fourth-order valence-corrected chi connectivity index (χ4v) is 4.13. The second-order valence-corrected chi connectivity index (χ2v) is 8.74. The van der Waals surface area contributed by atoms with Crippen molar-refractivity contribution in [2.45, 2.75) is 18.8 Å². The molecule has 1 saturated carbocycles. The minimum atomic E-state index is -0.447. The van der Waals surface area contributed by atoms with Crippen molar-refractivity contribution in [3.8, 4) is 17.3 Å². The SMILES string of the molecule is N#Cc1ccnc(Nc2cc(C3CC3)cc(-c3ccc(N4CCN(CC(N)=O)CC4=O)nc3)n2)c1. The van der Waals surface area contributed by atoms with Gasteiger partial charge in [0.15, 0.2) is 0 Å². The zero-order valence-electron chi connectivity index (χ0n) is 19.0. The summed E-state index contributed by atoms with van der Waals surface area (Å²) in [4.78, 5) is 40.6. The second-order valence-electron chi connectivity index (χ2n) is 8.74. The first-order chi connectivity index (χ1) is 17.0. The lowest BCUT2D eigenvalue weighted by molar-refractivity contribution is -0.123. The Balaban J connectivity index is 1.36. The zero-order valence-corrected chi connectivity index (χ0v) is 19.0. The number of nitrogens with two attached hydrogens (primary N) is 1. The molecule has 0 unspecified atom stereocenters. The summed E-state index contributed by atoms with van der Waals surface area (Å²) in [5.41, 5.74) is 8.55. The summed E-state index contributed by atoms with van der Waals surface area (Å²) in [6, 6.07) is 13.3. The van der Waals surface area contributed by atoms with E-state index in [1.165, 1.54) is 5.56 Å². The maximum Gasteiger partial charge on any atom is 0.242 e. The highest BCUT2D eigenvalue weighted by Gasteiger charge is 2.27. The minimum Gasteiger partial charge on any atom is -0.369 e. The maximum atomic E-state index is 12.6. The highest BCUT2D eigenvalue weighted by atomic mass is 16.2. The van der Waals surface area contributed by atoms with Crippen LogP contribution in [0, 0.1) is 11.3 Å². The lowest BCUT2D eigenvalue weighted by atomic mass is 10.1. The second kappa shape index (κ2) is 9.48. The summed E-state index contributed by atoms with van der Waals surface area (Å²) in [6.45, 7) is 1.20. The first-order valence-electron chi connectivity index (χ1n) is 11.4. The highest BCUT2D eigenvalue weighted by Crippen LogP contribution is 2.42. The quantitative estimate of drug-likeness (QED) is 0.537. The third-order valence-corrected chi connectivity index (χ3v) is 6.04. The van der Waals surface area contributed by atoms with Gasteiger partial charge in [-0.15, -0.1) is 0 Å². The first-order valence-corrected chi connectivity index (χ1v) is 11.4. The van der Waals surface area contributed by atoms with Crippen molar-refractivity contribution in [1.82, 2.24) is 19.9 Å². The van der Waals surface area contributed by atoms with E-state index in [0.717, 1.165) is 24.1 Å². The van der Waals surface area contributed by atoms with E-state index in [1.807, 2.05) is 18.2 Å². The van der Waals surface area contributed by atoms with Gasteiger partial charge in [0.05, 0.1) is 30.4 Å². The Hall–Kier alpha value is -4.36. The molecule has 176 valence electrons. The molecule has 2 amide bonds. The van der Waals surface area contributed by atoms with Crippen LogP contribution in [0.25, 0.3) is 11.3 Å². The number of nitrogens with one attached hydrogen (secondary N) is 1. The largest absolute Gasteiger partial charge is 0.369 e. The third kappa shape index (κ3) is 5.26. The summed E-state index contributed by atoms with van der Waals surface area (Å²) >= 11 is 0. The molecule has 3 aromatic rings. The monoisotopic (exact) mass is 468 g/mol. The van der Waals surface area contributed by atoms with Crippen LogP contribution in [0.4, 0.5) is 17.5 Å². The molecule has 2 aliphatic rings. The van der Waals surface area contributed by atoms with Gasteiger partial charge in [-0.1, -0.05) is 0 Å². The van der Waals surface area contributed by atoms with E-state index in [4.69, 9.17) is 16.0 Å². The molecule has 0 atom stereocenters. The van der Waals surface area contributed by atoms with Crippen LogP contribution in [0.3, 0.4) is 0 Å². The number of carbonyl (C=O) groups is 2. The molecular weight excluding hydrogens is 444 g/mol. The third-order valence-electron chi connectivity index (χ3n) is 6.04. The van der Waals surface area contributed by atoms with Crippen molar-refractivity contribution in [1.29, 1.82) is 5.26 Å². The van der Waals surface area contributed by atoms with Crippen molar-refractivity contribution in [2.24, 2.45) is 5.73 Å². The van der Waals surface area contributed by atoms with Crippen LogP contribution in [-0.4, -0.2) is 57.8 Å². The van der Waals surface area contributed by atoms with Gasteiger partial charge in [0.1, 0.15) is 17.5 Å². The molecule has 3 N–H and O–H groups in total. The Morgan fingerprint density at radius 3 is 2.69 bits per heavy atom. The molecular formula is C25H24N8O2. The lowest BCUT2D eigenvalue weighted by Crippen LogP contribution is -2.52. The van der Waals surface area contributed by atoms with Crippen molar-refractivity contribution in [3.05, 3.63) is 59.9 Å². The molecule has 2 fully saturated rings. The molecule has 4 heterocycles. The topological polar surface area (TPSA) is 141 Å². The molecule has 5 rings (SSSR count). The van der Waals surface area contributed by atoms with Gasteiger partial charge in [-0.3, -0.25) is 19.4 Å². The number of aromatic nitrogens is 3. The van der Waals surface area contributed by atoms with Crippen LogP contribution in [0.15, 0.2) is 48.8 Å². The van der Waals surface area contributed by atoms with Gasteiger partial charge in [-0.05, 0) is 60.7 Å². The molecule has 10 nitrogen and oxygen atoms in total. The molecule has 0 spiro atoms.